The quantitative estimate of drug-likeness (QED) is 0.620. The van der Waals surface area contributed by atoms with Crippen LogP contribution in [-0.2, 0) is 10.0 Å². The number of urea groups is 1. The first-order valence-corrected chi connectivity index (χ1v) is 10.1. The third-order valence-corrected chi connectivity index (χ3v) is 4.94. The Bertz CT molecular complexity index is 640. The van der Waals surface area contributed by atoms with E-state index in [1.54, 1.807) is 0 Å². The molecule has 142 valence electrons. The summed E-state index contributed by atoms with van der Waals surface area (Å²) in [6.07, 6.45) is 1.00. The summed E-state index contributed by atoms with van der Waals surface area (Å²) in [5.74, 6) is 0.543. The summed E-state index contributed by atoms with van der Waals surface area (Å²) < 4.78 is 22.5. The molecule has 1 aromatic rings. The first-order chi connectivity index (χ1) is 11.7. The van der Waals surface area contributed by atoms with Crippen LogP contribution < -0.4 is 15.8 Å². The Morgan fingerprint density at radius 1 is 1.16 bits per heavy atom. The third-order valence-electron chi connectivity index (χ3n) is 4.01. The molecule has 0 aliphatic carbocycles. The van der Waals surface area contributed by atoms with E-state index in [0.29, 0.717) is 18.2 Å². The normalized spacial score (nSPS) is 13.1. The Labute approximate surface area is 151 Å². The van der Waals surface area contributed by atoms with Crippen molar-refractivity contribution in [3.05, 3.63) is 24.3 Å². The minimum atomic E-state index is -3.73. The van der Waals surface area contributed by atoms with Crippen LogP contribution in [0.2, 0.25) is 0 Å². The van der Waals surface area contributed by atoms with Crippen molar-refractivity contribution >= 4 is 21.7 Å². The smallest absolute Gasteiger partial charge is 0.319 e. The van der Waals surface area contributed by atoms with E-state index in [1.807, 2.05) is 0 Å². The lowest BCUT2D eigenvalue weighted by Gasteiger charge is -2.31. The van der Waals surface area contributed by atoms with Gasteiger partial charge in [0.15, 0.2) is 0 Å². The molecule has 7 nitrogen and oxygen atoms in total. The second-order valence-corrected chi connectivity index (χ2v) is 7.97. The molecule has 0 aliphatic heterocycles. The van der Waals surface area contributed by atoms with Crippen LogP contribution in [0.15, 0.2) is 29.2 Å². The lowest BCUT2D eigenvalue weighted by atomic mass is 10.0. The van der Waals surface area contributed by atoms with Gasteiger partial charge in [0, 0.05) is 18.3 Å². The molecule has 8 heteroatoms. The maximum atomic E-state index is 12.1. The van der Waals surface area contributed by atoms with Crippen molar-refractivity contribution in [2.45, 2.75) is 45.1 Å². The molecule has 1 unspecified atom stereocenters. The number of carbonyl (C=O) groups excluding carboxylic acids is 1. The molecule has 0 saturated heterocycles. The number of nitrogens with two attached hydrogens (primary N) is 1. The number of hydrogen-bond acceptors (Lipinski definition) is 4. The van der Waals surface area contributed by atoms with Crippen LogP contribution in [0.25, 0.3) is 0 Å². The fourth-order valence-electron chi connectivity index (χ4n) is 2.76. The van der Waals surface area contributed by atoms with Crippen molar-refractivity contribution in [2.24, 2.45) is 11.1 Å². The average molecular weight is 371 g/mol. The van der Waals surface area contributed by atoms with E-state index in [9.17, 15) is 13.2 Å². The number of amides is 2. The van der Waals surface area contributed by atoms with Gasteiger partial charge < -0.3 is 10.6 Å². The highest BCUT2D eigenvalue weighted by Gasteiger charge is 2.18. The van der Waals surface area contributed by atoms with Crippen LogP contribution in [0.4, 0.5) is 10.5 Å². The van der Waals surface area contributed by atoms with Gasteiger partial charge in [0.1, 0.15) is 0 Å². The Balaban J connectivity index is 2.62. The zero-order valence-electron chi connectivity index (χ0n) is 15.5. The van der Waals surface area contributed by atoms with Crippen molar-refractivity contribution in [3.63, 3.8) is 0 Å². The van der Waals surface area contributed by atoms with Crippen molar-refractivity contribution in [1.82, 2.24) is 10.2 Å². The number of likely N-dealkylation sites (N-methyl/N-ethyl adjacent to an activating group) is 1. The maximum Gasteiger partial charge on any atom is 0.319 e. The molecular formula is C17H30N4O3S. The van der Waals surface area contributed by atoms with Gasteiger partial charge in [-0.3, -0.25) is 4.90 Å². The molecule has 0 fully saturated rings. The van der Waals surface area contributed by atoms with E-state index in [-0.39, 0.29) is 17.0 Å². The lowest BCUT2D eigenvalue weighted by Crippen LogP contribution is -2.45. The van der Waals surface area contributed by atoms with Gasteiger partial charge in [-0.05, 0) is 49.7 Å². The van der Waals surface area contributed by atoms with E-state index in [0.717, 1.165) is 19.5 Å². The Hall–Kier alpha value is -1.64. The number of anilines is 1. The van der Waals surface area contributed by atoms with Crippen LogP contribution in [-0.4, -0.2) is 45.0 Å². The molecule has 1 rings (SSSR count). The van der Waals surface area contributed by atoms with Gasteiger partial charge in [-0.2, -0.15) is 0 Å². The van der Waals surface area contributed by atoms with Crippen molar-refractivity contribution in [1.29, 1.82) is 0 Å². The van der Waals surface area contributed by atoms with Gasteiger partial charge >= 0.3 is 6.03 Å². The summed E-state index contributed by atoms with van der Waals surface area (Å²) in [5, 5.41) is 10.6. The van der Waals surface area contributed by atoms with Gasteiger partial charge in [-0.25, -0.2) is 18.4 Å². The molecule has 2 amide bonds. The lowest BCUT2D eigenvalue weighted by molar-refractivity contribution is 0.186. The maximum absolute atomic E-state index is 12.1. The van der Waals surface area contributed by atoms with Crippen molar-refractivity contribution in [2.75, 3.05) is 25.0 Å². The molecule has 0 heterocycles. The van der Waals surface area contributed by atoms with Gasteiger partial charge in [-0.15, -0.1) is 0 Å². The fourth-order valence-corrected chi connectivity index (χ4v) is 3.27. The van der Waals surface area contributed by atoms with E-state index in [1.165, 1.54) is 24.3 Å². The highest BCUT2D eigenvalue weighted by atomic mass is 32.2. The number of hydrogen-bond donors (Lipinski definition) is 3. The number of benzene rings is 1. The zero-order chi connectivity index (χ0) is 19.0. The molecule has 0 aliphatic rings. The second kappa shape index (κ2) is 9.74. The molecular weight excluding hydrogens is 340 g/mol. The largest absolute Gasteiger partial charge is 0.336 e. The molecule has 1 atom stereocenters. The summed E-state index contributed by atoms with van der Waals surface area (Å²) in [6.45, 7) is 11.0. The minimum Gasteiger partial charge on any atom is -0.336 e. The number of carbonyl (C=O) groups is 1. The Morgan fingerprint density at radius 2 is 1.72 bits per heavy atom. The Kier molecular flexibility index (Phi) is 8.34. The topological polar surface area (TPSA) is 105 Å². The van der Waals surface area contributed by atoms with Crippen molar-refractivity contribution < 1.29 is 13.2 Å². The van der Waals surface area contributed by atoms with E-state index in [4.69, 9.17) is 5.14 Å². The molecule has 0 radical (unpaired) electrons. The number of primary sulfonamides is 1. The summed E-state index contributed by atoms with van der Waals surface area (Å²) in [7, 11) is -3.73. The summed E-state index contributed by atoms with van der Waals surface area (Å²) >= 11 is 0. The highest BCUT2D eigenvalue weighted by molar-refractivity contribution is 7.89. The SMILES string of the molecule is CCN(CC)C(CNC(=O)Nc1ccc(S(N)(=O)=O)cc1)CC(C)C. The first-order valence-electron chi connectivity index (χ1n) is 8.59. The van der Waals surface area contributed by atoms with Gasteiger partial charge in [0.2, 0.25) is 10.0 Å². The molecule has 0 saturated carbocycles. The molecule has 0 bridgehead atoms. The van der Waals surface area contributed by atoms with Gasteiger partial charge in [0.25, 0.3) is 0 Å². The van der Waals surface area contributed by atoms with Gasteiger partial charge in [0.05, 0.1) is 4.90 Å². The number of rotatable bonds is 9. The summed E-state index contributed by atoms with van der Waals surface area (Å²) in [4.78, 5) is 14.4. The predicted octanol–water partition coefficient (Wildman–Crippen LogP) is 2.21. The summed E-state index contributed by atoms with van der Waals surface area (Å²) in [6, 6.07) is 5.71. The third kappa shape index (κ3) is 7.41. The monoisotopic (exact) mass is 370 g/mol. The van der Waals surface area contributed by atoms with Crippen LogP contribution in [0.1, 0.15) is 34.1 Å². The van der Waals surface area contributed by atoms with Gasteiger partial charge in [-0.1, -0.05) is 27.7 Å². The Morgan fingerprint density at radius 3 is 2.16 bits per heavy atom. The summed E-state index contributed by atoms with van der Waals surface area (Å²) in [5.41, 5.74) is 0.508. The number of nitrogens with one attached hydrogen (secondary N) is 2. The average Bonchev–Trinajstić information content (AvgIpc) is 2.52. The minimum absolute atomic E-state index is 0.0111. The first kappa shape index (κ1) is 21.4. The zero-order valence-corrected chi connectivity index (χ0v) is 16.3. The molecule has 1 aromatic carbocycles. The van der Waals surface area contributed by atoms with Crippen LogP contribution in [0.5, 0.6) is 0 Å². The fraction of sp³-hybridized carbons (Fsp3) is 0.588. The number of nitrogens with zero attached hydrogens (tertiary/aromatic N) is 1. The molecule has 4 N–H and O–H groups in total. The molecule has 25 heavy (non-hydrogen) atoms. The van der Waals surface area contributed by atoms with E-state index < -0.39 is 10.0 Å². The second-order valence-electron chi connectivity index (χ2n) is 6.41. The van der Waals surface area contributed by atoms with Crippen molar-refractivity contribution in [3.8, 4) is 0 Å². The van der Waals surface area contributed by atoms with Crippen LogP contribution >= 0.6 is 0 Å². The molecule has 0 aromatic heterocycles. The molecule has 0 spiro atoms. The highest BCUT2D eigenvalue weighted by Crippen LogP contribution is 2.13. The van der Waals surface area contributed by atoms with E-state index in [2.05, 4.69) is 43.2 Å². The standard InChI is InChI=1S/C17H30N4O3S/c1-5-21(6-2)15(11-13(3)4)12-19-17(22)20-14-7-9-16(10-8-14)25(18,23)24/h7-10,13,15H,5-6,11-12H2,1-4H3,(H2,18,23,24)(H2,19,20,22). The number of sulfonamides is 1. The van der Waals surface area contributed by atoms with E-state index >= 15 is 0 Å². The predicted molar refractivity (Wildman–Crippen MR) is 101 cm³/mol. The van der Waals surface area contributed by atoms with Crippen LogP contribution in [0.3, 0.4) is 0 Å². The van der Waals surface area contributed by atoms with Crippen LogP contribution in [0, 0.1) is 5.92 Å².